The molecule has 0 radical (unpaired) electrons. The van der Waals surface area contributed by atoms with E-state index in [9.17, 15) is 4.79 Å². The quantitative estimate of drug-likeness (QED) is 0.866. The van der Waals surface area contributed by atoms with Crippen molar-refractivity contribution >= 4 is 18.3 Å². The summed E-state index contributed by atoms with van der Waals surface area (Å²) in [6.45, 7) is 3.56. The largest absolute Gasteiger partial charge is 0.338 e. The number of halogens is 1. The van der Waals surface area contributed by atoms with Gasteiger partial charge in [0.1, 0.15) is 0 Å². The van der Waals surface area contributed by atoms with Crippen LogP contribution in [0.1, 0.15) is 31.2 Å². The molecule has 1 aromatic carbocycles. The van der Waals surface area contributed by atoms with Crippen molar-refractivity contribution in [2.24, 2.45) is 0 Å². The molecule has 0 spiro atoms. The van der Waals surface area contributed by atoms with Gasteiger partial charge in [0, 0.05) is 37.5 Å². The van der Waals surface area contributed by atoms with Gasteiger partial charge in [0.05, 0.1) is 0 Å². The van der Waals surface area contributed by atoms with Gasteiger partial charge in [-0.05, 0) is 38.1 Å². The lowest BCUT2D eigenvalue weighted by Gasteiger charge is -2.15. The first-order valence-corrected chi connectivity index (χ1v) is 8.02. The highest BCUT2D eigenvalue weighted by atomic mass is 35.5. The van der Waals surface area contributed by atoms with Gasteiger partial charge in [-0.1, -0.05) is 17.3 Å². The molecule has 1 fully saturated rings. The molecule has 1 atom stereocenters. The maximum Gasteiger partial charge on any atom is 0.257 e. The van der Waals surface area contributed by atoms with Crippen LogP contribution in [0.3, 0.4) is 0 Å². The van der Waals surface area contributed by atoms with Gasteiger partial charge in [-0.2, -0.15) is 4.98 Å². The number of hydrogen-bond donors (Lipinski definition) is 1. The third-order valence-corrected chi connectivity index (χ3v) is 4.17. The predicted molar refractivity (Wildman–Crippen MR) is 93.9 cm³/mol. The monoisotopic (exact) mass is 350 g/mol. The van der Waals surface area contributed by atoms with E-state index in [0.717, 1.165) is 30.5 Å². The Labute approximate surface area is 148 Å². The van der Waals surface area contributed by atoms with Crippen molar-refractivity contribution in [2.45, 2.75) is 38.8 Å². The molecular weight excluding hydrogens is 328 g/mol. The molecule has 3 rings (SSSR count). The molecule has 2 aromatic rings. The molecule has 24 heavy (non-hydrogen) atoms. The van der Waals surface area contributed by atoms with E-state index in [-0.39, 0.29) is 18.3 Å². The molecule has 1 aliphatic heterocycles. The Balaban J connectivity index is 0.00000208. The molecule has 1 N–H and O–H groups in total. The minimum atomic E-state index is 0. The van der Waals surface area contributed by atoms with E-state index in [2.05, 4.69) is 22.4 Å². The summed E-state index contributed by atoms with van der Waals surface area (Å²) >= 11 is 0. The lowest BCUT2D eigenvalue weighted by atomic mass is 10.1. The lowest BCUT2D eigenvalue weighted by Crippen LogP contribution is -2.24. The van der Waals surface area contributed by atoms with Crippen molar-refractivity contribution in [1.29, 1.82) is 0 Å². The summed E-state index contributed by atoms with van der Waals surface area (Å²) in [5.41, 5.74) is 1.98. The van der Waals surface area contributed by atoms with Gasteiger partial charge in [-0.3, -0.25) is 4.79 Å². The zero-order valence-corrected chi connectivity index (χ0v) is 14.8. The van der Waals surface area contributed by atoms with Gasteiger partial charge >= 0.3 is 0 Å². The van der Waals surface area contributed by atoms with Crippen LogP contribution < -0.4 is 5.32 Å². The average molecular weight is 351 g/mol. The van der Waals surface area contributed by atoms with E-state index < -0.39 is 0 Å². The van der Waals surface area contributed by atoms with Crippen LogP contribution in [0.25, 0.3) is 11.5 Å². The summed E-state index contributed by atoms with van der Waals surface area (Å²) in [5.74, 6) is 1.46. The third-order valence-electron chi connectivity index (χ3n) is 4.17. The van der Waals surface area contributed by atoms with Crippen LogP contribution in [0.15, 0.2) is 28.8 Å². The highest BCUT2D eigenvalue weighted by molar-refractivity contribution is 5.85. The number of benzene rings is 1. The fraction of sp³-hybridized carbons (Fsp3) is 0.471. The number of amides is 1. The van der Waals surface area contributed by atoms with Gasteiger partial charge in [0.2, 0.25) is 5.91 Å². The van der Waals surface area contributed by atoms with E-state index >= 15 is 0 Å². The molecule has 0 bridgehead atoms. The first-order chi connectivity index (χ1) is 11.2. The fourth-order valence-corrected chi connectivity index (χ4v) is 2.72. The van der Waals surface area contributed by atoms with Crippen molar-refractivity contribution in [1.82, 2.24) is 20.4 Å². The SMILES string of the molecule is CNC(C)Cc1noc(-c2cccc(CN3CCCC3=O)c2)n1.Cl. The van der Waals surface area contributed by atoms with E-state index in [1.54, 1.807) is 0 Å². The van der Waals surface area contributed by atoms with E-state index in [1.807, 2.05) is 36.2 Å². The number of likely N-dealkylation sites (tertiary alicyclic amines) is 1. The minimum Gasteiger partial charge on any atom is -0.338 e. The molecule has 1 unspecified atom stereocenters. The van der Waals surface area contributed by atoms with Crippen molar-refractivity contribution < 1.29 is 9.32 Å². The maximum atomic E-state index is 11.7. The van der Waals surface area contributed by atoms with E-state index in [1.165, 1.54) is 0 Å². The topological polar surface area (TPSA) is 71.3 Å². The van der Waals surface area contributed by atoms with Gasteiger partial charge in [0.25, 0.3) is 5.89 Å². The molecule has 1 aliphatic rings. The summed E-state index contributed by atoms with van der Waals surface area (Å²) in [6.07, 6.45) is 2.34. The van der Waals surface area contributed by atoms with E-state index in [0.29, 0.717) is 30.7 Å². The van der Waals surface area contributed by atoms with Gasteiger partial charge in [-0.15, -0.1) is 12.4 Å². The summed E-state index contributed by atoms with van der Waals surface area (Å²) in [5, 5.41) is 7.19. The molecule has 0 saturated carbocycles. The number of nitrogens with one attached hydrogen (secondary N) is 1. The van der Waals surface area contributed by atoms with Gasteiger partial charge < -0.3 is 14.7 Å². The smallest absolute Gasteiger partial charge is 0.257 e. The van der Waals surface area contributed by atoms with Crippen LogP contribution in [-0.4, -0.2) is 40.6 Å². The molecule has 2 heterocycles. The molecular formula is C17H23ClN4O2. The molecule has 7 heteroatoms. The Morgan fingerprint density at radius 1 is 1.42 bits per heavy atom. The number of carbonyl (C=O) groups is 1. The lowest BCUT2D eigenvalue weighted by molar-refractivity contribution is -0.128. The van der Waals surface area contributed by atoms with Crippen LogP contribution in [-0.2, 0) is 17.8 Å². The summed E-state index contributed by atoms with van der Waals surface area (Å²) < 4.78 is 5.37. The molecule has 0 aliphatic carbocycles. The average Bonchev–Trinajstić information content (AvgIpc) is 3.17. The Hall–Kier alpha value is -1.92. The van der Waals surface area contributed by atoms with E-state index in [4.69, 9.17) is 4.52 Å². The van der Waals surface area contributed by atoms with Crippen LogP contribution in [0.4, 0.5) is 0 Å². The predicted octanol–water partition coefficient (Wildman–Crippen LogP) is 2.43. The number of rotatable bonds is 6. The second-order valence-electron chi connectivity index (χ2n) is 6.03. The zero-order valence-electron chi connectivity index (χ0n) is 14.0. The first kappa shape index (κ1) is 18.4. The summed E-state index contributed by atoms with van der Waals surface area (Å²) in [7, 11) is 1.91. The number of nitrogens with zero attached hydrogens (tertiary/aromatic N) is 3. The van der Waals surface area contributed by atoms with Crippen molar-refractivity contribution in [3.63, 3.8) is 0 Å². The second-order valence-corrected chi connectivity index (χ2v) is 6.03. The summed E-state index contributed by atoms with van der Waals surface area (Å²) in [4.78, 5) is 18.1. The number of hydrogen-bond acceptors (Lipinski definition) is 5. The van der Waals surface area contributed by atoms with Crippen LogP contribution in [0.2, 0.25) is 0 Å². The third kappa shape index (κ3) is 4.33. The number of aromatic nitrogens is 2. The zero-order chi connectivity index (χ0) is 16.2. The number of carbonyl (C=O) groups excluding carboxylic acids is 1. The highest BCUT2D eigenvalue weighted by Gasteiger charge is 2.20. The van der Waals surface area contributed by atoms with Crippen LogP contribution >= 0.6 is 12.4 Å². The Bertz CT molecular complexity index is 689. The van der Waals surface area contributed by atoms with Crippen LogP contribution in [0.5, 0.6) is 0 Å². The molecule has 6 nitrogen and oxygen atoms in total. The Kier molecular flexibility index (Phi) is 6.34. The Morgan fingerprint density at radius 3 is 2.96 bits per heavy atom. The standard InChI is InChI=1S/C17H22N4O2.ClH/c1-12(18-2)9-15-19-17(23-20-15)14-6-3-5-13(10-14)11-21-8-4-7-16(21)22;/h3,5-6,10,12,18H,4,7-9,11H2,1-2H3;1H. The van der Waals surface area contributed by atoms with Crippen molar-refractivity contribution in [3.05, 3.63) is 35.7 Å². The number of likely N-dealkylation sites (N-methyl/N-ethyl adjacent to an activating group) is 1. The summed E-state index contributed by atoms with van der Waals surface area (Å²) in [6, 6.07) is 8.26. The van der Waals surface area contributed by atoms with Crippen molar-refractivity contribution in [3.8, 4) is 11.5 Å². The molecule has 1 amide bonds. The molecule has 130 valence electrons. The first-order valence-electron chi connectivity index (χ1n) is 8.02. The van der Waals surface area contributed by atoms with Gasteiger partial charge in [0.15, 0.2) is 5.82 Å². The maximum absolute atomic E-state index is 11.7. The fourth-order valence-electron chi connectivity index (χ4n) is 2.72. The van der Waals surface area contributed by atoms with Gasteiger partial charge in [-0.25, -0.2) is 0 Å². The molecule has 1 saturated heterocycles. The van der Waals surface area contributed by atoms with Crippen molar-refractivity contribution in [2.75, 3.05) is 13.6 Å². The van der Waals surface area contributed by atoms with Crippen LogP contribution in [0, 0.1) is 0 Å². The Morgan fingerprint density at radius 2 is 2.25 bits per heavy atom. The second kappa shape index (κ2) is 8.26. The normalized spacial score (nSPS) is 15.4. The minimum absolute atomic E-state index is 0. The molecule has 1 aromatic heterocycles. The highest BCUT2D eigenvalue weighted by Crippen LogP contribution is 2.21.